The second kappa shape index (κ2) is 5.29. The number of hydrogen-bond acceptors (Lipinski definition) is 6. The molecule has 0 radical (unpaired) electrons. The fourth-order valence-corrected chi connectivity index (χ4v) is 3.43. The van der Waals surface area contributed by atoms with Crippen molar-refractivity contribution in [3.05, 3.63) is 42.0 Å². The van der Waals surface area contributed by atoms with Crippen molar-refractivity contribution in [1.82, 2.24) is 0 Å². The van der Waals surface area contributed by atoms with Crippen LogP contribution < -0.4 is 29.6 Å². The molecule has 0 unspecified atom stereocenters. The fourth-order valence-electron chi connectivity index (χ4n) is 3.43. The van der Waals surface area contributed by atoms with Gasteiger partial charge in [-0.1, -0.05) is 6.07 Å². The zero-order chi connectivity index (χ0) is 17.0. The molecule has 7 nitrogen and oxygen atoms in total. The number of amides is 1. The third kappa shape index (κ3) is 2.12. The number of rotatable bonds is 2. The van der Waals surface area contributed by atoms with E-state index in [1.54, 1.807) is 4.90 Å². The molecule has 0 bridgehead atoms. The summed E-state index contributed by atoms with van der Waals surface area (Å²) in [5.41, 5.74) is 7.73. The minimum Gasteiger partial charge on any atom is -0.486 e. The Bertz CT molecular complexity index is 869. The molecule has 128 valence electrons. The quantitative estimate of drug-likeness (QED) is 0.836. The molecule has 7 heteroatoms. The molecule has 3 aliphatic rings. The first-order chi connectivity index (χ1) is 12.2. The smallest absolute Gasteiger partial charge is 0.247 e. The summed E-state index contributed by atoms with van der Waals surface area (Å²) < 4.78 is 21.9. The molecule has 2 N–H and O–H groups in total. The molecule has 0 spiro atoms. The molecule has 2 atom stereocenters. The Balaban J connectivity index is 1.51. The summed E-state index contributed by atoms with van der Waals surface area (Å²) in [5.74, 6) is 2.58. The minimum atomic E-state index is -0.589. The third-order valence-electron chi connectivity index (χ3n) is 4.68. The molecular formula is C18H16N2O5. The summed E-state index contributed by atoms with van der Waals surface area (Å²) in [6, 6.07) is 10.3. The van der Waals surface area contributed by atoms with Crippen LogP contribution in [0.4, 0.5) is 5.69 Å². The molecule has 3 aliphatic heterocycles. The Labute approximate surface area is 143 Å². The molecule has 2 aromatic rings. The van der Waals surface area contributed by atoms with Gasteiger partial charge in [-0.2, -0.15) is 0 Å². The lowest BCUT2D eigenvalue weighted by Gasteiger charge is -2.45. The zero-order valence-electron chi connectivity index (χ0n) is 13.3. The Morgan fingerprint density at radius 3 is 2.44 bits per heavy atom. The van der Waals surface area contributed by atoms with E-state index in [-0.39, 0.29) is 18.7 Å². The van der Waals surface area contributed by atoms with Crippen LogP contribution in [0.25, 0.3) is 0 Å². The third-order valence-corrected chi connectivity index (χ3v) is 4.68. The molecule has 1 saturated heterocycles. The van der Waals surface area contributed by atoms with Gasteiger partial charge in [0.2, 0.25) is 12.7 Å². The molecule has 1 fully saturated rings. The van der Waals surface area contributed by atoms with E-state index >= 15 is 0 Å². The number of carbonyl (C=O) groups excluding carboxylic acids is 1. The van der Waals surface area contributed by atoms with Gasteiger partial charge in [0, 0.05) is 11.8 Å². The van der Waals surface area contributed by atoms with Gasteiger partial charge in [-0.05, 0) is 29.8 Å². The SMILES string of the molecule is N[C@@H]1C(=O)N(c2ccc3c(c2)OCCO3)[C@@H]1c1ccc2c(c1)OCO2. The monoisotopic (exact) mass is 340 g/mol. The van der Waals surface area contributed by atoms with Crippen molar-refractivity contribution < 1.29 is 23.7 Å². The maximum absolute atomic E-state index is 12.4. The molecule has 2 aromatic carbocycles. The average Bonchev–Trinajstić information content (AvgIpc) is 3.12. The van der Waals surface area contributed by atoms with E-state index in [0.29, 0.717) is 36.2 Å². The van der Waals surface area contributed by atoms with Gasteiger partial charge < -0.3 is 29.6 Å². The molecular weight excluding hydrogens is 324 g/mol. The highest BCUT2D eigenvalue weighted by Crippen LogP contribution is 2.44. The van der Waals surface area contributed by atoms with E-state index in [1.807, 2.05) is 36.4 Å². The number of nitrogens with zero attached hydrogens (tertiary/aromatic N) is 1. The highest BCUT2D eigenvalue weighted by molar-refractivity contribution is 6.05. The van der Waals surface area contributed by atoms with E-state index in [4.69, 9.17) is 24.7 Å². The lowest BCUT2D eigenvalue weighted by molar-refractivity contribution is -0.126. The molecule has 3 heterocycles. The predicted octanol–water partition coefficient (Wildman–Crippen LogP) is 1.60. The van der Waals surface area contributed by atoms with Crippen LogP contribution in [0.2, 0.25) is 0 Å². The molecule has 0 aromatic heterocycles. The molecule has 0 aliphatic carbocycles. The summed E-state index contributed by atoms with van der Waals surface area (Å²) in [5, 5.41) is 0. The van der Waals surface area contributed by atoms with Gasteiger partial charge in [0.05, 0.1) is 6.04 Å². The van der Waals surface area contributed by atoms with Crippen molar-refractivity contribution in [3.8, 4) is 23.0 Å². The van der Waals surface area contributed by atoms with Crippen LogP contribution in [-0.4, -0.2) is 32.0 Å². The number of hydrogen-bond donors (Lipinski definition) is 1. The number of β-lactam (4-membered cyclic amide) rings is 1. The first kappa shape index (κ1) is 14.4. The maximum atomic E-state index is 12.4. The van der Waals surface area contributed by atoms with Crippen LogP contribution in [0.5, 0.6) is 23.0 Å². The minimum absolute atomic E-state index is 0.126. The van der Waals surface area contributed by atoms with Gasteiger partial charge in [0.25, 0.3) is 0 Å². The molecule has 0 saturated carbocycles. The van der Waals surface area contributed by atoms with Crippen LogP contribution in [0, 0.1) is 0 Å². The highest BCUT2D eigenvalue weighted by atomic mass is 16.7. The summed E-state index contributed by atoms with van der Waals surface area (Å²) >= 11 is 0. The van der Waals surface area contributed by atoms with Gasteiger partial charge in [-0.25, -0.2) is 0 Å². The second-order valence-electron chi connectivity index (χ2n) is 6.12. The van der Waals surface area contributed by atoms with Crippen molar-refractivity contribution in [2.75, 3.05) is 24.9 Å². The number of fused-ring (bicyclic) bond motifs is 2. The van der Waals surface area contributed by atoms with Crippen LogP contribution >= 0.6 is 0 Å². The summed E-state index contributed by atoms with van der Waals surface area (Å²) in [7, 11) is 0. The average molecular weight is 340 g/mol. The lowest BCUT2D eigenvalue weighted by atomic mass is 9.88. The second-order valence-corrected chi connectivity index (χ2v) is 6.12. The van der Waals surface area contributed by atoms with Crippen LogP contribution in [0.1, 0.15) is 11.6 Å². The largest absolute Gasteiger partial charge is 0.486 e. The number of nitrogens with two attached hydrogens (primary N) is 1. The predicted molar refractivity (Wildman–Crippen MR) is 88.2 cm³/mol. The van der Waals surface area contributed by atoms with Crippen LogP contribution in [-0.2, 0) is 4.79 Å². The number of anilines is 1. The van der Waals surface area contributed by atoms with Gasteiger partial charge in [-0.15, -0.1) is 0 Å². The van der Waals surface area contributed by atoms with Crippen molar-refractivity contribution in [2.24, 2.45) is 5.73 Å². The van der Waals surface area contributed by atoms with Gasteiger partial charge in [0.1, 0.15) is 19.3 Å². The first-order valence-electron chi connectivity index (χ1n) is 8.10. The highest BCUT2D eigenvalue weighted by Gasteiger charge is 2.47. The van der Waals surface area contributed by atoms with E-state index in [2.05, 4.69) is 0 Å². The number of carbonyl (C=O) groups is 1. The molecule has 1 amide bonds. The lowest BCUT2D eigenvalue weighted by Crippen LogP contribution is -2.63. The number of benzene rings is 2. The van der Waals surface area contributed by atoms with Crippen LogP contribution in [0.15, 0.2) is 36.4 Å². The van der Waals surface area contributed by atoms with Crippen molar-refractivity contribution in [2.45, 2.75) is 12.1 Å². The Morgan fingerprint density at radius 1 is 0.880 bits per heavy atom. The van der Waals surface area contributed by atoms with Crippen molar-refractivity contribution >= 4 is 11.6 Å². The van der Waals surface area contributed by atoms with Crippen molar-refractivity contribution in [1.29, 1.82) is 0 Å². The Kier molecular flexibility index (Phi) is 3.05. The summed E-state index contributed by atoms with van der Waals surface area (Å²) in [4.78, 5) is 14.1. The topological polar surface area (TPSA) is 83.3 Å². The normalized spacial score (nSPS) is 23.4. The van der Waals surface area contributed by atoms with E-state index < -0.39 is 6.04 Å². The van der Waals surface area contributed by atoms with Gasteiger partial charge in [-0.3, -0.25) is 4.79 Å². The zero-order valence-corrected chi connectivity index (χ0v) is 13.3. The van der Waals surface area contributed by atoms with Crippen molar-refractivity contribution in [3.63, 3.8) is 0 Å². The summed E-state index contributed by atoms with van der Waals surface area (Å²) in [6.45, 7) is 1.23. The van der Waals surface area contributed by atoms with E-state index in [1.165, 1.54) is 0 Å². The van der Waals surface area contributed by atoms with Crippen LogP contribution in [0.3, 0.4) is 0 Å². The fraction of sp³-hybridized carbons (Fsp3) is 0.278. The summed E-state index contributed by atoms with van der Waals surface area (Å²) in [6.07, 6.45) is 0. The standard InChI is InChI=1S/C18H16N2O5/c19-16-17(10-1-3-13-14(7-10)25-9-24-13)20(18(16)21)11-2-4-12-15(8-11)23-6-5-22-12/h1-4,7-8,16-17H,5-6,9,19H2/t16-,17+/m0/s1. The first-order valence-corrected chi connectivity index (χ1v) is 8.10. The maximum Gasteiger partial charge on any atom is 0.247 e. The Hall–Kier alpha value is -2.93. The van der Waals surface area contributed by atoms with E-state index in [0.717, 1.165) is 11.3 Å². The number of ether oxygens (including phenoxy) is 4. The van der Waals surface area contributed by atoms with Gasteiger partial charge in [0.15, 0.2) is 23.0 Å². The van der Waals surface area contributed by atoms with E-state index in [9.17, 15) is 4.79 Å². The molecule has 25 heavy (non-hydrogen) atoms. The Morgan fingerprint density at radius 2 is 1.56 bits per heavy atom. The molecule has 5 rings (SSSR count). The van der Waals surface area contributed by atoms with Gasteiger partial charge >= 0.3 is 0 Å².